The van der Waals surface area contributed by atoms with Crippen LogP contribution in [0.2, 0.25) is 0 Å². The largest absolute Gasteiger partial charge is 0.103 e. The minimum Gasteiger partial charge on any atom is -0.0712 e. The Hall–Kier alpha value is -0.460. The molecule has 0 bridgehead atoms. The van der Waals surface area contributed by atoms with Gasteiger partial charge in [-0.2, -0.15) is 0 Å². The summed E-state index contributed by atoms with van der Waals surface area (Å²) in [6.45, 7) is 6.36. The molecule has 82 valence electrons. The Labute approximate surface area is 102 Å². The normalized spacial score (nSPS) is 12.3. The van der Waals surface area contributed by atoms with E-state index in [0.29, 0.717) is 10.4 Å². The van der Waals surface area contributed by atoms with E-state index in [4.69, 9.17) is 23.2 Å². The molecule has 1 rings (SSSR count). The van der Waals surface area contributed by atoms with Gasteiger partial charge in [-0.05, 0) is 37.5 Å². The second-order valence-corrected chi connectivity index (χ2v) is 4.84. The van der Waals surface area contributed by atoms with Crippen LogP contribution in [0, 0.1) is 13.8 Å². The average Bonchev–Trinajstić information content (AvgIpc) is 2.18. The van der Waals surface area contributed by atoms with E-state index >= 15 is 0 Å². The van der Waals surface area contributed by atoms with E-state index in [1.54, 1.807) is 0 Å². The van der Waals surface area contributed by atoms with Crippen LogP contribution in [0.5, 0.6) is 0 Å². The maximum atomic E-state index is 5.72. The van der Waals surface area contributed by atoms with E-state index in [1.165, 1.54) is 16.7 Å². The fraction of sp³-hybridized carbons (Fsp3) is 0.385. The van der Waals surface area contributed by atoms with Crippen molar-refractivity contribution in [1.29, 1.82) is 0 Å². The summed E-state index contributed by atoms with van der Waals surface area (Å²) in [6, 6.07) is 6.47. The predicted octanol–water partition coefficient (Wildman–Crippen LogP) is 5.12. The van der Waals surface area contributed by atoms with E-state index in [2.05, 4.69) is 39.0 Å². The van der Waals surface area contributed by atoms with Crippen LogP contribution in [-0.2, 0) is 0 Å². The number of benzene rings is 1. The number of aryl methyl sites for hydroxylation is 2. The Morgan fingerprint density at radius 2 is 2.00 bits per heavy atom. The molecule has 0 amide bonds. The van der Waals surface area contributed by atoms with E-state index in [9.17, 15) is 0 Å². The molecular formula is C13H16Cl2. The zero-order chi connectivity index (χ0) is 11.4. The predicted molar refractivity (Wildman–Crippen MR) is 68.7 cm³/mol. The van der Waals surface area contributed by atoms with Crippen LogP contribution in [0.3, 0.4) is 0 Å². The third-order valence-corrected chi connectivity index (χ3v) is 2.85. The highest BCUT2D eigenvalue weighted by atomic mass is 35.5. The summed E-state index contributed by atoms with van der Waals surface area (Å²) in [7, 11) is 0. The molecule has 1 aromatic carbocycles. The molecule has 0 saturated heterocycles. The Morgan fingerprint density at radius 1 is 1.33 bits per heavy atom. The number of allylic oxidation sites excluding steroid dienone is 1. The van der Waals surface area contributed by atoms with E-state index in [0.717, 1.165) is 6.42 Å². The van der Waals surface area contributed by atoms with Gasteiger partial charge in [0.1, 0.15) is 4.49 Å². The lowest BCUT2D eigenvalue weighted by Gasteiger charge is -2.14. The highest BCUT2D eigenvalue weighted by Gasteiger charge is 2.09. The van der Waals surface area contributed by atoms with Gasteiger partial charge >= 0.3 is 0 Å². The Bertz CT molecular complexity index is 363. The van der Waals surface area contributed by atoms with Crippen LogP contribution < -0.4 is 0 Å². The molecule has 0 aliphatic rings. The molecule has 1 aromatic rings. The zero-order valence-electron chi connectivity index (χ0n) is 9.35. The summed E-state index contributed by atoms with van der Waals surface area (Å²) in [6.07, 6.45) is 2.91. The van der Waals surface area contributed by atoms with Crippen LogP contribution >= 0.6 is 23.2 Å². The molecule has 0 heterocycles. The zero-order valence-corrected chi connectivity index (χ0v) is 10.9. The van der Waals surface area contributed by atoms with Crippen LogP contribution in [0.25, 0.3) is 0 Å². The maximum Gasteiger partial charge on any atom is 0.103 e. The van der Waals surface area contributed by atoms with Gasteiger partial charge in [0.25, 0.3) is 0 Å². The molecule has 0 nitrogen and oxygen atoms in total. The SMILES string of the molecule is CCC(C=C(Cl)Cl)c1cc(C)ccc1C. The van der Waals surface area contributed by atoms with Gasteiger partial charge in [-0.15, -0.1) is 0 Å². The fourth-order valence-electron chi connectivity index (χ4n) is 1.74. The van der Waals surface area contributed by atoms with Crippen molar-refractivity contribution >= 4 is 23.2 Å². The fourth-order valence-corrected chi connectivity index (χ4v) is 2.04. The third-order valence-electron chi connectivity index (χ3n) is 2.60. The lowest BCUT2D eigenvalue weighted by atomic mass is 9.91. The first-order valence-electron chi connectivity index (χ1n) is 5.14. The van der Waals surface area contributed by atoms with Crippen LogP contribution in [0.1, 0.15) is 36.0 Å². The van der Waals surface area contributed by atoms with Gasteiger partial charge < -0.3 is 0 Å². The molecule has 0 saturated carbocycles. The molecule has 0 radical (unpaired) electrons. The second-order valence-electron chi connectivity index (χ2n) is 3.83. The van der Waals surface area contributed by atoms with Gasteiger partial charge in [0, 0.05) is 5.92 Å². The third kappa shape index (κ3) is 3.55. The Balaban J connectivity index is 3.11. The number of halogens is 2. The molecule has 2 heteroatoms. The van der Waals surface area contributed by atoms with Crippen LogP contribution in [0.15, 0.2) is 28.8 Å². The van der Waals surface area contributed by atoms with Crippen LogP contribution in [0.4, 0.5) is 0 Å². The van der Waals surface area contributed by atoms with E-state index in [1.807, 2.05) is 6.08 Å². The van der Waals surface area contributed by atoms with Crippen molar-refractivity contribution in [3.8, 4) is 0 Å². The molecule has 0 aliphatic heterocycles. The number of hydrogen-bond acceptors (Lipinski definition) is 0. The molecule has 0 aliphatic carbocycles. The van der Waals surface area contributed by atoms with E-state index < -0.39 is 0 Å². The summed E-state index contributed by atoms with van der Waals surface area (Å²) >= 11 is 11.4. The van der Waals surface area contributed by atoms with Crippen molar-refractivity contribution in [3.63, 3.8) is 0 Å². The Morgan fingerprint density at radius 3 is 2.53 bits per heavy atom. The van der Waals surface area contributed by atoms with Crippen LogP contribution in [-0.4, -0.2) is 0 Å². The standard InChI is InChI=1S/C13H16Cl2/c1-4-11(8-13(14)15)12-7-9(2)5-6-10(12)3/h5-8,11H,4H2,1-3H3. The van der Waals surface area contributed by atoms with Gasteiger partial charge in [0.05, 0.1) is 0 Å². The monoisotopic (exact) mass is 242 g/mol. The first kappa shape index (κ1) is 12.6. The molecule has 1 unspecified atom stereocenters. The first-order valence-corrected chi connectivity index (χ1v) is 5.90. The molecule has 1 atom stereocenters. The minimum atomic E-state index is 0.315. The second kappa shape index (κ2) is 5.58. The lowest BCUT2D eigenvalue weighted by molar-refractivity contribution is 0.797. The topological polar surface area (TPSA) is 0 Å². The van der Waals surface area contributed by atoms with Gasteiger partial charge in [-0.3, -0.25) is 0 Å². The summed E-state index contributed by atoms with van der Waals surface area (Å²) < 4.78 is 0.350. The summed E-state index contributed by atoms with van der Waals surface area (Å²) in [5.74, 6) is 0.315. The molecular weight excluding hydrogens is 227 g/mol. The van der Waals surface area contributed by atoms with E-state index in [-0.39, 0.29) is 0 Å². The summed E-state index contributed by atoms with van der Waals surface area (Å²) in [5.41, 5.74) is 3.88. The van der Waals surface area contributed by atoms with Crippen molar-refractivity contribution in [3.05, 3.63) is 45.5 Å². The van der Waals surface area contributed by atoms with Gasteiger partial charge in [0.15, 0.2) is 0 Å². The number of hydrogen-bond donors (Lipinski definition) is 0. The lowest BCUT2D eigenvalue weighted by Crippen LogP contribution is -1.97. The quantitative estimate of drug-likeness (QED) is 0.691. The minimum absolute atomic E-state index is 0.315. The molecule has 15 heavy (non-hydrogen) atoms. The molecule has 0 aromatic heterocycles. The summed E-state index contributed by atoms with van der Waals surface area (Å²) in [4.78, 5) is 0. The van der Waals surface area contributed by atoms with Gasteiger partial charge in [-0.25, -0.2) is 0 Å². The van der Waals surface area contributed by atoms with Gasteiger partial charge in [-0.1, -0.05) is 53.9 Å². The van der Waals surface area contributed by atoms with Crippen molar-refractivity contribution in [2.75, 3.05) is 0 Å². The molecule has 0 N–H and O–H groups in total. The maximum absolute atomic E-state index is 5.72. The van der Waals surface area contributed by atoms with Crippen molar-refractivity contribution in [2.24, 2.45) is 0 Å². The molecule has 0 spiro atoms. The van der Waals surface area contributed by atoms with Crippen molar-refractivity contribution in [2.45, 2.75) is 33.1 Å². The highest BCUT2D eigenvalue weighted by Crippen LogP contribution is 2.28. The van der Waals surface area contributed by atoms with Crippen molar-refractivity contribution in [1.82, 2.24) is 0 Å². The smallest absolute Gasteiger partial charge is 0.0712 e. The van der Waals surface area contributed by atoms with Crippen molar-refractivity contribution < 1.29 is 0 Å². The number of rotatable bonds is 3. The molecule has 0 fully saturated rings. The summed E-state index contributed by atoms with van der Waals surface area (Å²) in [5, 5.41) is 0. The Kier molecular flexibility index (Phi) is 4.69. The first-order chi connectivity index (χ1) is 7.04. The van der Waals surface area contributed by atoms with Gasteiger partial charge in [0.2, 0.25) is 0 Å². The average molecular weight is 243 g/mol. The highest BCUT2D eigenvalue weighted by molar-refractivity contribution is 6.55.